The van der Waals surface area contributed by atoms with Gasteiger partial charge in [-0.3, -0.25) is 4.79 Å². The molecule has 5 nitrogen and oxygen atoms in total. The highest BCUT2D eigenvalue weighted by Gasteiger charge is 2.07. The highest BCUT2D eigenvalue weighted by molar-refractivity contribution is 5.66. The number of carbonyl (C=O) groups is 1. The molecule has 0 aliphatic rings. The maximum atomic E-state index is 10.5. The first-order chi connectivity index (χ1) is 13.2. The molecule has 0 aliphatic carbocycles. The Labute approximate surface area is 162 Å². The first-order valence-electron chi connectivity index (χ1n) is 9.78. The van der Waals surface area contributed by atoms with Crippen LogP contribution in [0, 0.1) is 0 Å². The van der Waals surface area contributed by atoms with Crippen molar-refractivity contribution in [2.75, 3.05) is 24.6 Å². The number of rotatable bonds is 13. The second-order valence-corrected chi connectivity index (χ2v) is 6.62. The lowest BCUT2D eigenvalue weighted by Gasteiger charge is -2.23. The van der Waals surface area contributed by atoms with Crippen molar-refractivity contribution in [3.05, 3.63) is 54.2 Å². The average molecular weight is 370 g/mol. The van der Waals surface area contributed by atoms with Crippen LogP contribution in [-0.2, 0) is 11.2 Å². The Morgan fingerprint density at radius 3 is 2.56 bits per heavy atom. The van der Waals surface area contributed by atoms with Gasteiger partial charge in [0.15, 0.2) is 0 Å². The SMILES string of the molecule is CCCCN(CCOc1ccc(CCCCC(=O)O)cc1)c1ccccn1. The van der Waals surface area contributed by atoms with Crippen LogP contribution in [0.1, 0.15) is 44.6 Å². The Morgan fingerprint density at radius 1 is 1.07 bits per heavy atom. The zero-order valence-corrected chi connectivity index (χ0v) is 16.1. The summed E-state index contributed by atoms with van der Waals surface area (Å²) < 4.78 is 5.90. The fraction of sp³-hybridized carbons (Fsp3) is 0.455. The lowest BCUT2D eigenvalue weighted by Crippen LogP contribution is -2.30. The van der Waals surface area contributed by atoms with Gasteiger partial charge in [-0.25, -0.2) is 4.98 Å². The average Bonchev–Trinajstić information content (AvgIpc) is 2.69. The fourth-order valence-corrected chi connectivity index (χ4v) is 2.86. The van der Waals surface area contributed by atoms with E-state index in [1.165, 1.54) is 5.56 Å². The summed E-state index contributed by atoms with van der Waals surface area (Å²) in [5.74, 6) is 1.13. The summed E-state index contributed by atoms with van der Waals surface area (Å²) in [4.78, 5) is 17.2. The molecule has 1 heterocycles. The van der Waals surface area contributed by atoms with Gasteiger partial charge in [0.25, 0.3) is 0 Å². The Balaban J connectivity index is 1.76. The van der Waals surface area contributed by atoms with Crippen molar-refractivity contribution in [1.29, 1.82) is 0 Å². The zero-order chi connectivity index (χ0) is 19.3. The van der Waals surface area contributed by atoms with Crippen LogP contribution in [-0.4, -0.2) is 35.8 Å². The molecule has 0 saturated carbocycles. The molecule has 5 heteroatoms. The molecule has 0 radical (unpaired) electrons. The van der Waals surface area contributed by atoms with E-state index in [0.717, 1.165) is 50.3 Å². The molecule has 0 saturated heterocycles. The van der Waals surface area contributed by atoms with E-state index in [9.17, 15) is 4.79 Å². The predicted molar refractivity (Wildman–Crippen MR) is 108 cm³/mol. The molecule has 0 fully saturated rings. The van der Waals surface area contributed by atoms with Crippen molar-refractivity contribution in [2.24, 2.45) is 0 Å². The van der Waals surface area contributed by atoms with Crippen LogP contribution in [0.5, 0.6) is 5.75 Å². The van der Waals surface area contributed by atoms with E-state index in [2.05, 4.69) is 28.9 Å². The Kier molecular flexibility index (Phi) is 9.18. The predicted octanol–water partition coefficient (Wildman–Crippen LogP) is 4.56. The molecule has 0 unspecified atom stereocenters. The maximum Gasteiger partial charge on any atom is 0.303 e. The molecule has 1 aromatic carbocycles. The summed E-state index contributed by atoms with van der Waals surface area (Å²) in [6, 6.07) is 14.1. The number of aliphatic carboxylic acids is 1. The molecular weight excluding hydrogens is 340 g/mol. The monoisotopic (exact) mass is 370 g/mol. The molecule has 0 amide bonds. The molecule has 0 aliphatic heterocycles. The van der Waals surface area contributed by atoms with E-state index in [4.69, 9.17) is 9.84 Å². The van der Waals surface area contributed by atoms with Crippen molar-refractivity contribution in [1.82, 2.24) is 4.98 Å². The number of aryl methyl sites for hydroxylation is 1. The van der Waals surface area contributed by atoms with Gasteiger partial charge in [-0.15, -0.1) is 0 Å². The van der Waals surface area contributed by atoms with Crippen molar-refractivity contribution >= 4 is 11.8 Å². The Bertz CT molecular complexity index is 659. The number of benzene rings is 1. The van der Waals surface area contributed by atoms with Gasteiger partial charge in [0.05, 0.1) is 6.54 Å². The van der Waals surface area contributed by atoms with Crippen LogP contribution in [0.4, 0.5) is 5.82 Å². The summed E-state index contributed by atoms with van der Waals surface area (Å²) in [5, 5.41) is 8.67. The topological polar surface area (TPSA) is 62.7 Å². The van der Waals surface area contributed by atoms with E-state index in [-0.39, 0.29) is 6.42 Å². The lowest BCUT2D eigenvalue weighted by atomic mass is 10.1. The quantitative estimate of drug-likeness (QED) is 0.524. The van der Waals surface area contributed by atoms with Gasteiger partial charge >= 0.3 is 5.97 Å². The number of anilines is 1. The molecule has 0 spiro atoms. The molecular formula is C22H30N2O3. The third-order valence-electron chi connectivity index (χ3n) is 4.41. The fourth-order valence-electron chi connectivity index (χ4n) is 2.86. The first kappa shape index (κ1) is 20.7. The van der Waals surface area contributed by atoms with Gasteiger partial charge in [-0.2, -0.15) is 0 Å². The molecule has 1 aromatic heterocycles. The van der Waals surface area contributed by atoms with Gasteiger partial charge < -0.3 is 14.7 Å². The number of pyridine rings is 1. The molecule has 2 rings (SSSR count). The minimum Gasteiger partial charge on any atom is -0.492 e. The molecule has 2 aromatic rings. The number of hydrogen-bond acceptors (Lipinski definition) is 4. The number of carboxylic acid groups (broad SMARTS) is 1. The van der Waals surface area contributed by atoms with Gasteiger partial charge in [0.2, 0.25) is 0 Å². The summed E-state index contributed by atoms with van der Waals surface area (Å²) in [5.41, 5.74) is 1.21. The van der Waals surface area contributed by atoms with Crippen molar-refractivity contribution in [3.8, 4) is 5.75 Å². The van der Waals surface area contributed by atoms with Gasteiger partial charge in [-0.1, -0.05) is 31.5 Å². The molecule has 0 atom stereocenters. The highest BCUT2D eigenvalue weighted by Crippen LogP contribution is 2.15. The highest BCUT2D eigenvalue weighted by atomic mass is 16.5. The van der Waals surface area contributed by atoms with Crippen LogP contribution < -0.4 is 9.64 Å². The number of nitrogens with zero attached hydrogens (tertiary/aromatic N) is 2. The molecule has 146 valence electrons. The Hall–Kier alpha value is -2.56. The van der Waals surface area contributed by atoms with E-state index < -0.39 is 5.97 Å². The molecule has 1 N–H and O–H groups in total. The van der Waals surface area contributed by atoms with Crippen LogP contribution >= 0.6 is 0 Å². The maximum absolute atomic E-state index is 10.5. The van der Waals surface area contributed by atoms with Gasteiger partial charge in [0.1, 0.15) is 18.2 Å². The normalized spacial score (nSPS) is 10.6. The van der Waals surface area contributed by atoms with Crippen molar-refractivity contribution in [3.63, 3.8) is 0 Å². The number of unbranched alkanes of at least 4 members (excludes halogenated alkanes) is 2. The largest absolute Gasteiger partial charge is 0.492 e. The number of aromatic nitrogens is 1. The lowest BCUT2D eigenvalue weighted by molar-refractivity contribution is -0.137. The van der Waals surface area contributed by atoms with Gasteiger partial charge in [0, 0.05) is 19.2 Å². The minimum absolute atomic E-state index is 0.242. The number of ether oxygens (including phenoxy) is 1. The summed E-state index contributed by atoms with van der Waals surface area (Å²) >= 11 is 0. The van der Waals surface area contributed by atoms with Crippen molar-refractivity contribution < 1.29 is 14.6 Å². The summed E-state index contributed by atoms with van der Waals surface area (Å²) in [6.45, 7) is 4.58. The second kappa shape index (κ2) is 11.9. The standard InChI is InChI=1S/C22H30N2O3/c1-2-3-16-24(21-9-6-7-15-23-21)17-18-27-20-13-11-19(12-14-20)8-4-5-10-22(25)26/h6-7,9,11-15H,2-5,8,10,16-18H2,1H3,(H,25,26). The van der Waals surface area contributed by atoms with Crippen molar-refractivity contribution in [2.45, 2.75) is 45.4 Å². The van der Waals surface area contributed by atoms with E-state index in [1.54, 1.807) is 0 Å². The Morgan fingerprint density at radius 2 is 1.89 bits per heavy atom. The van der Waals surface area contributed by atoms with Crippen LogP contribution in [0.25, 0.3) is 0 Å². The minimum atomic E-state index is -0.725. The number of hydrogen-bond donors (Lipinski definition) is 1. The van der Waals surface area contributed by atoms with Crippen LogP contribution in [0.2, 0.25) is 0 Å². The zero-order valence-electron chi connectivity index (χ0n) is 16.1. The van der Waals surface area contributed by atoms with E-state index in [0.29, 0.717) is 13.0 Å². The summed E-state index contributed by atoms with van der Waals surface area (Å²) in [6.07, 6.45) is 6.86. The third kappa shape index (κ3) is 8.11. The smallest absolute Gasteiger partial charge is 0.303 e. The van der Waals surface area contributed by atoms with Gasteiger partial charge in [-0.05, 0) is 55.5 Å². The van der Waals surface area contributed by atoms with E-state index in [1.807, 2.05) is 36.5 Å². The third-order valence-corrected chi connectivity index (χ3v) is 4.41. The molecule has 0 bridgehead atoms. The van der Waals surface area contributed by atoms with Crippen LogP contribution in [0.3, 0.4) is 0 Å². The number of carboxylic acids is 1. The second-order valence-electron chi connectivity index (χ2n) is 6.62. The molecule has 27 heavy (non-hydrogen) atoms. The summed E-state index contributed by atoms with van der Waals surface area (Å²) in [7, 11) is 0. The van der Waals surface area contributed by atoms with E-state index >= 15 is 0 Å². The first-order valence-corrected chi connectivity index (χ1v) is 9.78. The van der Waals surface area contributed by atoms with Crippen LogP contribution in [0.15, 0.2) is 48.7 Å².